The summed E-state index contributed by atoms with van der Waals surface area (Å²) in [5, 5.41) is 16.3. The quantitative estimate of drug-likeness (QED) is 0.0800. The molecule has 3 amide bonds. The van der Waals surface area contributed by atoms with Crippen molar-refractivity contribution >= 4 is 59.9 Å². The highest BCUT2D eigenvalue weighted by Gasteiger charge is 2.38. The first-order valence-corrected chi connectivity index (χ1v) is 12.0. The Kier molecular flexibility index (Phi) is 15.3. The number of carbonyl (C=O) groups excluding carboxylic acids is 3. The lowest BCUT2D eigenvalue weighted by atomic mass is 9.98. The molecule has 214 valence electrons. The number of non-ortho nitro benzene ring substituents is 1. The van der Waals surface area contributed by atoms with E-state index >= 15 is 0 Å². The zero-order valence-corrected chi connectivity index (χ0v) is 23.1. The van der Waals surface area contributed by atoms with Crippen molar-refractivity contribution in [2.75, 3.05) is 18.4 Å². The van der Waals surface area contributed by atoms with Crippen LogP contribution in [-0.2, 0) is 14.4 Å². The molecule has 38 heavy (non-hydrogen) atoms. The summed E-state index contributed by atoms with van der Waals surface area (Å²) < 4.78 is 0. The number of nitrogens with zero attached hydrogens (tertiary/aromatic N) is 3. The van der Waals surface area contributed by atoms with Gasteiger partial charge < -0.3 is 32.7 Å². The van der Waals surface area contributed by atoms with Gasteiger partial charge in [-0.1, -0.05) is 20.3 Å². The summed E-state index contributed by atoms with van der Waals surface area (Å²) in [6, 6.07) is 2.98. The van der Waals surface area contributed by atoms with Gasteiger partial charge in [0.2, 0.25) is 17.7 Å². The van der Waals surface area contributed by atoms with E-state index in [2.05, 4.69) is 15.6 Å². The van der Waals surface area contributed by atoms with Gasteiger partial charge in [0.15, 0.2) is 5.96 Å². The third-order valence-corrected chi connectivity index (χ3v) is 6.30. The second kappa shape index (κ2) is 16.6. The van der Waals surface area contributed by atoms with Gasteiger partial charge in [-0.3, -0.25) is 29.5 Å². The van der Waals surface area contributed by atoms with Gasteiger partial charge in [-0.15, -0.1) is 24.8 Å². The van der Waals surface area contributed by atoms with E-state index in [-0.39, 0.29) is 61.3 Å². The number of carbonyl (C=O) groups is 3. The average molecular weight is 578 g/mol. The fraction of sp³-hybridized carbons (Fsp3) is 0.565. The maximum Gasteiger partial charge on any atom is 0.269 e. The Hall–Kier alpha value is -3.16. The van der Waals surface area contributed by atoms with Crippen LogP contribution in [0.15, 0.2) is 29.3 Å². The molecule has 0 unspecified atom stereocenters. The van der Waals surface area contributed by atoms with Crippen LogP contribution < -0.4 is 27.8 Å². The lowest BCUT2D eigenvalue weighted by molar-refractivity contribution is -0.384. The van der Waals surface area contributed by atoms with Gasteiger partial charge in [0.25, 0.3) is 5.69 Å². The number of nitrogens with two attached hydrogens (primary N) is 3. The summed E-state index contributed by atoms with van der Waals surface area (Å²) in [5.41, 5.74) is 17.0. The van der Waals surface area contributed by atoms with Gasteiger partial charge in [0, 0.05) is 30.9 Å². The van der Waals surface area contributed by atoms with Crippen LogP contribution in [0.3, 0.4) is 0 Å². The summed E-state index contributed by atoms with van der Waals surface area (Å²) in [5.74, 6) is -1.33. The van der Waals surface area contributed by atoms with Gasteiger partial charge in [-0.2, -0.15) is 0 Å². The Balaban J connectivity index is 0.00000684. The molecule has 13 nitrogen and oxygen atoms in total. The molecule has 1 aliphatic heterocycles. The first-order valence-electron chi connectivity index (χ1n) is 12.0. The van der Waals surface area contributed by atoms with Crippen molar-refractivity contribution in [3.05, 3.63) is 34.4 Å². The van der Waals surface area contributed by atoms with Crippen molar-refractivity contribution in [3.8, 4) is 0 Å². The highest BCUT2D eigenvalue weighted by molar-refractivity contribution is 5.98. The number of hydrogen-bond acceptors (Lipinski definition) is 7. The summed E-state index contributed by atoms with van der Waals surface area (Å²) in [6.45, 7) is 4.52. The predicted molar refractivity (Wildman–Crippen MR) is 150 cm³/mol. The van der Waals surface area contributed by atoms with Crippen LogP contribution in [-0.4, -0.2) is 64.7 Å². The van der Waals surface area contributed by atoms with Crippen molar-refractivity contribution in [3.63, 3.8) is 0 Å². The molecule has 0 radical (unpaired) electrons. The second-order valence-electron chi connectivity index (χ2n) is 8.90. The number of hydrogen-bond donors (Lipinski definition) is 5. The lowest BCUT2D eigenvalue weighted by Gasteiger charge is -2.30. The minimum Gasteiger partial charge on any atom is -0.370 e. The molecule has 0 aromatic heterocycles. The van der Waals surface area contributed by atoms with Crippen molar-refractivity contribution in [1.82, 2.24) is 10.2 Å². The van der Waals surface area contributed by atoms with Crippen LogP contribution in [0, 0.1) is 16.0 Å². The van der Waals surface area contributed by atoms with E-state index in [1.54, 1.807) is 0 Å². The molecule has 1 aromatic rings. The normalized spacial score (nSPS) is 16.6. The minimum atomic E-state index is -0.942. The zero-order chi connectivity index (χ0) is 26.8. The summed E-state index contributed by atoms with van der Waals surface area (Å²) in [4.78, 5) is 54.8. The number of nitro groups is 1. The maximum atomic E-state index is 13.2. The Labute approximate surface area is 234 Å². The molecule has 0 aliphatic carbocycles. The third kappa shape index (κ3) is 9.95. The van der Waals surface area contributed by atoms with E-state index in [1.807, 2.05) is 13.8 Å². The van der Waals surface area contributed by atoms with E-state index in [9.17, 15) is 24.5 Å². The average Bonchev–Trinajstić information content (AvgIpc) is 3.34. The summed E-state index contributed by atoms with van der Waals surface area (Å²) in [6.07, 6.45) is 2.49. The van der Waals surface area contributed by atoms with Crippen LogP contribution in [0.5, 0.6) is 0 Å². The highest BCUT2D eigenvalue weighted by Crippen LogP contribution is 2.21. The second-order valence-corrected chi connectivity index (χ2v) is 8.90. The van der Waals surface area contributed by atoms with Gasteiger partial charge in [0.1, 0.15) is 12.1 Å². The van der Waals surface area contributed by atoms with Gasteiger partial charge in [0.05, 0.1) is 11.0 Å². The Morgan fingerprint density at radius 3 is 2.39 bits per heavy atom. The lowest BCUT2D eigenvalue weighted by Crippen LogP contribution is -2.55. The minimum absolute atomic E-state index is 0. The Morgan fingerprint density at radius 1 is 1.21 bits per heavy atom. The van der Waals surface area contributed by atoms with Gasteiger partial charge in [-0.05, 0) is 43.7 Å². The van der Waals surface area contributed by atoms with Crippen molar-refractivity contribution < 1.29 is 19.3 Å². The molecule has 0 saturated carbocycles. The smallest absolute Gasteiger partial charge is 0.269 e. The zero-order valence-electron chi connectivity index (χ0n) is 21.5. The fourth-order valence-electron chi connectivity index (χ4n) is 3.93. The molecule has 2 rings (SSSR count). The third-order valence-electron chi connectivity index (χ3n) is 6.30. The molecule has 1 aromatic carbocycles. The van der Waals surface area contributed by atoms with Crippen LogP contribution in [0.1, 0.15) is 46.0 Å². The monoisotopic (exact) mass is 576 g/mol. The number of nitrogens with one attached hydrogen (secondary N) is 2. The standard InChI is InChI=1S/C23H36N8O5.2ClH/c1-3-14(2)19(24)22(34)30-13-5-7-18(30)21(33)29-17(6-4-12-27-23(25)26)20(32)28-15-8-10-16(11-9-15)31(35)36;;/h8-11,14,17-19H,3-7,12-13,24H2,1-2H3,(H,28,32)(H,29,33)(H4,25,26,27);2*1H/t14-,17+,18+,19-;;/m1../s1. The van der Waals surface area contributed by atoms with Gasteiger partial charge >= 0.3 is 0 Å². The number of rotatable bonds is 12. The van der Waals surface area contributed by atoms with Crippen molar-refractivity contribution in [2.45, 2.75) is 64.1 Å². The number of anilines is 1. The molecular formula is C23H38Cl2N8O5. The van der Waals surface area contributed by atoms with E-state index in [0.29, 0.717) is 31.5 Å². The van der Waals surface area contributed by atoms with Gasteiger partial charge in [-0.25, -0.2) is 0 Å². The number of halogens is 2. The Bertz CT molecular complexity index is 975. The van der Waals surface area contributed by atoms with E-state index in [0.717, 1.165) is 6.42 Å². The molecule has 8 N–H and O–H groups in total. The summed E-state index contributed by atoms with van der Waals surface area (Å²) >= 11 is 0. The molecule has 1 aliphatic rings. The SMILES string of the molecule is CC[C@@H](C)[C@@H](N)C(=O)N1CCC[C@H]1C(=O)N[C@@H](CCCN=C(N)N)C(=O)Nc1ccc([N+](=O)[O-])cc1.Cl.Cl. The van der Waals surface area contributed by atoms with Crippen LogP contribution in [0.4, 0.5) is 11.4 Å². The summed E-state index contributed by atoms with van der Waals surface area (Å²) in [7, 11) is 0. The molecule has 0 spiro atoms. The number of nitro benzene ring substituents is 1. The number of likely N-dealkylation sites (tertiary alicyclic amines) is 1. The van der Waals surface area contributed by atoms with E-state index in [1.165, 1.54) is 29.2 Å². The highest BCUT2D eigenvalue weighted by atomic mass is 35.5. The molecule has 15 heteroatoms. The predicted octanol–water partition coefficient (Wildman–Crippen LogP) is 1.28. The first kappa shape index (κ1) is 34.8. The fourth-order valence-corrected chi connectivity index (χ4v) is 3.93. The first-order chi connectivity index (χ1) is 17.0. The van der Waals surface area contributed by atoms with Crippen LogP contribution in [0.25, 0.3) is 0 Å². The van der Waals surface area contributed by atoms with Crippen molar-refractivity contribution in [1.29, 1.82) is 0 Å². The van der Waals surface area contributed by atoms with Crippen LogP contribution >= 0.6 is 24.8 Å². The molecule has 0 bridgehead atoms. The molecule has 1 heterocycles. The van der Waals surface area contributed by atoms with Crippen LogP contribution in [0.2, 0.25) is 0 Å². The Morgan fingerprint density at radius 2 is 1.84 bits per heavy atom. The maximum absolute atomic E-state index is 13.2. The number of aliphatic imine (C=N–C) groups is 1. The number of guanidine groups is 1. The van der Waals surface area contributed by atoms with E-state index in [4.69, 9.17) is 17.2 Å². The van der Waals surface area contributed by atoms with Crippen molar-refractivity contribution in [2.24, 2.45) is 28.1 Å². The number of benzene rings is 1. The largest absolute Gasteiger partial charge is 0.370 e. The topological polar surface area (TPSA) is 212 Å². The molecular weight excluding hydrogens is 539 g/mol. The molecule has 4 atom stereocenters. The molecule has 1 saturated heterocycles. The van der Waals surface area contributed by atoms with E-state index < -0.39 is 34.9 Å². The molecule has 1 fully saturated rings. The number of amides is 3.